The minimum absolute atomic E-state index is 0. The second kappa shape index (κ2) is 38.3. The number of aliphatic hydroxyl groups excluding tert-OH is 8. The van der Waals surface area contributed by atoms with Gasteiger partial charge in [0.15, 0.2) is 0 Å². The molecule has 0 radical (unpaired) electrons. The van der Waals surface area contributed by atoms with E-state index in [-0.39, 0.29) is 200 Å². The predicted octanol–water partition coefficient (Wildman–Crippen LogP) is -4.89. The van der Waals surface area contributed by atoms with Gasteiger partial charge in [-0.2, -0.15) is 37.2 Å². The standard InChI is InChI=1S/C60H72N14O22S6.2Na/c75-25-17-71(18-26-76)97(83,84)47-9-1-5-41(33-47)61-55-39-57(69-59(67-55)65-43-7-3-11-49(35-43)99(87,88)73(21-29-79)22-30-80)63-45-13-15-51(53(37-45)101(91,92)93)52-16-14-46(38-54(52)102(94,95)96)64-58-40-56(62-42-6-2-10-48(34-42)98(85,86)72(19-27-77)20-28-78)68-60(70-58)66-44-8-4-12-50(36-44)100(89,90)74(23-31-81)24-32-82;;/h1-16,33-40,75-82H,17-32H2,(H,91,92,93)(H,94,95,96)(H3,61,63,65,67,69)(H3,62,64,66,68,70);;/q;2*+1/p-2. The van der Waals surface area contributed by atoms with E-state index >= 15 is 0 Å². The van der Waals surface area contributed by atoms with Crippen LogP contribution in [0.1, 0.15) is 0 Å². The summed E-state index contributed by atoms with van der Waals surface area (Å²) in [5.41, 5.74) is -1.34. The molecule has 36 nitrogen and oxygen atoms in total. The molecule has 0 amide bonds. The van der Waals surface area contributed by atoms with E-state index in [1.807, 2.05) is 0 Å². The second-order valence-corrected chi connectivity index (χ2v) is 32.0. The third-order valence-electron chi connectivity index (χ3n) is 14.5. The number of aliphatic hydroxyl groups is 8. The molecule has 0 unspecified atom stereocenters. The summed E-state index contributed by atoms with van der Waals surface area (Å²) in [7, 11) is -28.6. The Hall–Kier alpha value is -6.58. The van der Waals surface area contributed by atoms with Crippen LogP contribution in [0.3, 0.4) is 0 Å². The third kappa shape index (κ3) is 22.3. The van der Waals surface area contributed by atoms with Gasteiger partial charge in [0.2, 0.25) is 52.0 Å². The molecular formula is C60H70N14Na2O22S6. The van der Waals surface area contributed by atoms with Crippen molar-refractivity contribution in [3.63, 3.8) is 0 Å². The Morgan fingerprint density at radius 3 is 0.712 bits per heavy atom. The van der Waals surface area contributed by atoms with Crippen molar-refractivity contribution >= 4 is 130 Å². The minimum atomic E-state index is -5.64. The van der Waals surface area contributed by atoms with E-state index in [0.717, 1.165) is 41.5 Å². The first-order valence-electron chi connectivity index (χ1n) is 30.3. The molecule has 14 N–H and O–H groups in total. The Morgan fingerprint density at radius 1 is 0.288 bits per heavy atom. The van der Waals surface area contributed by atoms with Gasteiger partial charge in [0, 0.05) is 110 Å². The molecule has 0 fully saturated rings. The first kappa shape index (κ1) is 86.3. The SMILES string of the molecule is O=S(=O)([O-])c1cc(Nc2cc(Nc3cccc(S(=O)(=O)N(CCO)CCO)c3)nc(Nc3cccc(S(=O)(=O)N(CCO)CCO)c3)n2)ccc1-c1ccc(Nc2cc(Nc3cccc(S(=O)(=O)N(CCO)CCO)c3)nc(Nc3cccc(S(=O)(=O)N(CCO)CCO)c3)n2)cc1S(=O)(=O)[O-].[Na+].[Na+]. The van der Waals surface area contributed by atoms with Crippen molar-refractivity contribution in [1.82, 2.24) is 37.2 Å². The Balaban J connectivity index is 0.00000849. The van der Waals surface area contributed by atoms with Gasteiger partial charge in [-0.3, -0.25) is 0 Å². The van der Waals surface area contributed by atoms with Crippen LogP contribution in [-0.2, 0) is 60.3 Å². The summed E-state index contributed by atoms with van der Waals surface area (Å²) in [4.78, 5) is 14.5. The van der Waals surface area contributed by atoms with Gasteiger partial charge >= 0.3 is 59.1 Å². The van der Waals surface area contributed by atoms with Gasteiger partial charge in [0.05, 0.1) is 82.2 Å². The van der Waals surface area contributed by atoms with E-state index in [4.69, 9.17) is 0 Å². The number of benzene rings is 6. The van der Waals surface area contributed by atoms with Gasteiger partial charge < -0.3 is 81.9 Å². The van der Waals surface area contributed by atoms with E-state index < -0.39 is 134 Å². The fourth-order valence-electron chi connectivity index (χ4n) is 10.0. The van der Waals surface area contributed by atoms with Gasteiger partial charge in [-0.1, -0.05) is 36.4 Å². The largest absolute Gasteiger partial charge is 1.00 e. The van der Waals surface area contributed by atoms with Gasteiger partial charge in [0.1, 0.15) is 43.5 Å². The number of anilines is 12. The topological polar surface area (TPSA) is 549 Å². The van der Waals surface area contributed by atoms with E-state index in [0.29, 0.717) is 0 Å². The molecule has 0 atom stereocenters. The van der Waals surface area contributed by atoms with Gasteiger partial charge in [0.25, 0.3) is 0 Å². The fourth-order valence-corrected chi connectivity index (χ4v) is 17.3. The maximum atomic E-state index is 13.6. The molecule has 2 heterocycles. The number of sulfonamides is 4. The molecule has 0 spiro atoms. The van der Waals surface area contributed by atoms with Gasteiger partial charge in [-0.05, 0) is 97.1 Å². The average Bonchev–Trinajstić information content (AvgIpc) is 0.825. The van der Waals surface area contributed by atoms with Crippen molar-refractivity contribution in [2.75, 3.05) is 137 Å². The van der Waals surface area contributed by atoms with Crippen LogP contribution in [-0.4, -0.2) is 243 Å². The van der Waals surface area contributed by atoms with Crippen molar-refractivity contribution in [2.24, 2.45) is 0 Å². The third-order valence-corrected chi connectivity index (χ3v) is 23.9. The molecule has 0 aliphatic rings. The summed E-state index contributed by atoms with van der Waals surface area (Å²) >= 11 is 0. The van der Waals surface area contributed by atoms with Crippen LogP contribution in [0.25, 0.3) is 11.1 Å². The monoisotopic (exact) mass is 1580 g/mol. The number of aromatic nitrogens is 4. The van der Waals surface area contributed by atoms with Crippen LogP contribution in [0.4, 0.5) is 69.3 Å². The van der Waals surface area contributed by atoms with Crippen LogP contribution in [0.15, 0.2) is 175 Å². The molecule has 0 saturated carbocycles. The summed E-state index contributed by atoms with van der Waals surface area (Å²) in [6, 6.07) is 29.4. The van der Waals surface area contributed by atoms with Crippen LogP contribution >= 0.6 is 0 Å². The van der Waals surface area contributed by atoms with Crippen LogP contribution in [0.2, 0.25) is 0 Å². The van der Waals surface area contributed by atoms with Crippen molar-refractivity contribution in [3.05, 3.63) is 146 Å². The Labute approximate surface area is 643 Å². The molecule has 0 aliphatic carbocycles. The zero-order valence-corrected chi connectivity index (χ0v) is 64.4. The van der Waals surface area contributed by atoms with Gasteiger partial charge in [-0.25, -0.2) is 50.5 Å². The zero-order chi connectivity index (χ0) is 74.2. The molecule has 8 rings (SSSR count). The molecule has 0 saturated heterocycles. The fraction of sp³-hybridized carbons (Fsp3) is 0.267. The van der Waals surface area contributed by atoms with Crippen LogP contribution in [0, 0.1) is 0 Å². The summed E-state index contributed by atoms with van der Waals surface area (Å²) in [5.74, 6) is -1.28. The molecule has 0 bridgehead atoms. The minimum Gasteiger partial charge on any atom is -0.744 e. The molecule has 6 aromatic carbocycles. The summed E-state index contributed by atoms with van der Waals surface area (Å²) < 4.78 is 193. The predicted molar refractivity (Wildman–Crippen MR) is 369 cm³/mol. The van der Waals surface area contributed by atoms with Crippen molar-refractivity contribution in [1.29, 1.82) is 0 Å². The maximum absolute atomic E-state index is 13.6. The van der Waals surface area contributed by atoms with E-state index in [1.54, 1.807) is 0 Å². The zero-order valence-electron chi connectivity index (χ0n) is 55.5. The first-order chi connectivity index (χ1) is 48.4. The molecular weight excluding hydrogens is 1510 g/mol. The van der Waals surface area contributed by atoms with Gasteiger partial charge in [-0.15, -0.1) is 0 Å². The number of rotatable bonds is 39. The molecule has 550 valence electrons. The molecule has 104 heavy (non-hydrogen) atoms. The Kier molecular flexibility index (Phi) is 31.8. The van der Waals surface area contributed by atoms with E-state index in [9.17, 15) is 100 Å². The second-order valence-electron chi connectivity index (χ2n) is 21.5. The van der Waals surface area contributed by atoms with Crippen molar-refractivity contribution in [2.45, 2.75) is 29.4 Å². The molecule has 44 heteroatoms. The quantitative estimate of drug-likeness (QED) is 0.0127. The summed E-state index contributed by atoms with van der Waals surface area (Å²) in [6.45, 7) is -7.42. The number of nitrogens with zero attached hydrogens (tertiary/aromatic N) is 8. The Bertz CT molecular complexity index is 4460. The average molecular weight is 1580 g/mol. The van der Waals surface area contributed by atoms with Crippen LogP contribution in [0.5, 0.6) is 0 Å². The first-order valence-corrected chi connectivity index (χ1v) is 38.9. The van der Waals surface area contributed by atoms with E-state index in [2.05, 4.69) is 51.8 Å². The number of nitrogens with one attached hydrogen (secondary N) is 6. The van der Waals surface area contributed by atoms with Crippen molar-refractivity contribution in [3.8, 4) is 11.1 Å². The summed E-state index contributed by atoms with van der Waals surface area (Å²) in [6.07, 6.45) is 0. The number of hydrogen-bond donors (Lipinski definition) is 14. The molecule has 2 aromatic heterocycles. The molecule has 0 aliphatic heterocycles. The number of hydrogen-bond acceptors (Lipinski definition) is 32. The maximum Gasteiger partial charge on any atom is 1.00 e. The summed E-state index contributed by atoms with van der Waals surface area (Å²) in [5, 5.41) is 93.9. The normalized spacial score (nSPS) is 12.2. The Morgan fingerprint density at radius 2 is 0.500 bits per heavy atom. The smallest absolute Gasteiger partial charge is 0.744 e. The van der Waals surface area contributed by atoms with E-state index in [1.165, 1.54) is 121 Å². The van der Waals surface area contributed by atoms with Crippen molar-refractivity contribution < 1.29 is 160 Å². The molecule has 8 aromatic rings. The van der Waals surface area contributed by atoms with Crippen LogP contribution < -0.4 is 91.0 Å².